The molecule has 0 aliphatic heterocycles. The molecule has 7 aromatic carbocycles. The number of anilines is 3. The Morgan fingerprint density at radius 2 is 1.17 bits per heavy atom. The molecule has 0 aromatic heterocycles. The average Bonchev–Trinajstić information content (AvgIpc) is 3.71. The highest BCUT2D eigenvalue weighted by Gasteiger charge is 2.58. The van der Waals surface area contributed by atoms with Crippen molar-refractivity contribution in [3.05, 3.63) is 174 Å². The van der Waals surface area contributed by atoms with E-state index in [1.165, 1.54) is 132 Å². The number of fused-ring (bicyclic) bond motifs is 9. The zero-order valence-electron chi connectivity index (χ0n) is 33.9. The number of rotatable bonds is 5. The molecule has 3 saturated carbocycles. The van der Waals surface area contributed by atoms with Gasteiger partial charge in [-0.05, 0) is 154 Å². The van der Waals surface area contributed by atoms with Crippen LogP contribution in [0.1, 0.15) is 99.8 Å². The Morgan fingerprint density at radius 1 is 0.500 bits per heavy atom. The van der Waals surface area contributed by atoms with Crippen LogP contribution in [0.2, 0.25) is 0 Å². The second-order valence-corrected chi connectivity index (χ2v) is 18.6. The molecule has 1 heteroatoms. The van der Waals surface area contributed by atoms with E-state index in [1.54, 1.807) is 22.3 Å². The minimum atomic E-state index is 0.0868. The van der Waals surface area contributed by atoms with Crippen LogP contribution < -0.4 is 4.90 Å². The van der Waals surface area contributed by atoms with Gasteiger partial charge in [-0.2, -0.15) is 0 Å². The second kappa shape index (κ2) is 13.3. The fourth-order valence-electron chi connectivity index (χ4n) is 13.6. The van der Waals surface area contributed by atoms with Crippen molar-refractivity contribution in [2.24, 2.45) is 17.8 Å². The molecule has 58 heavy (non-hydrogen) atoms. The molecule has 0 heterocycles. The van der Waals surface area contributed by atoms with Crippen molar-refractivity contribution in [1.29, 1.82) is 0 Å². The average molecular weight is 752 g/mol. The number of hydrogen-bond acceptors (Lipinski definition) is 1. The van der Waals surface area contributed by atoms with Gasteiger partial charge in [0.1, 0.15) is 0 Å². The van der Waals surface area contributed by atoms with Crippen molar-refractivity contribution < 1.29 is 0 Å². The molecule has 7 aromatic rings. The lowest BCUT2D eigenvalue weighted by molar-refractivity contribution is 0.0492. The van der Waals surface area contributed by atoms with Crippen LogP contribution >= 0.6 is 0 Å². The second-order valence-electron chi connectivity index (χ2n) is 18.6. The van der Waals surface area contributed by atoms with Gasteiger partial charge in [-0.3, -0.25) is 0 Å². The topological polar surface area (TPSA) is 3.24 Å². The van der Waals surface area contributed by atoms with Crippen molar-refractivity contribution in [1.82, 2.24) is 0 Å². The molecule has 286 valence electrons. The van der Waals surface area contributed by atoms with E-state index in [9.17, 15) is 0 Å². The summed E-state index contributed by atoms with van der Waals surface area (Å²) in [5, 5.41) is 2.56. The molecule has 3 fully saturated rings. The van der Waals surface area contributed by atoms with Crippen LogP contribution in [0.15, 0.2) is 152 Å². The fraction of sp³-hybridized carbons (Fsp3) is 0.298. The van der Waals surface area contributed by atoms with Gasteiger partial charge < -0.3 is 4.90 Å². The summed E-state index contributed by atoms with van der Waals surface area (Å²) in [4.78, 5) is 2.66. The number of hydrogen-bond donors (Lipinski definition) is 0. The van der Waals surface area contributed by atoms with Gasteiger partial charge in [-0.1, -0.05) is 154 Å². The predicted molar refractivity (Wildman–Crippen MR) is 243 cm³/mol. The van der Waals surface area contributed by atoms with Crippen molar-refractivity contribution >= 4 is 27.8 Å². The van der Waals surface area contributed by atoms with Gasteiger partial charge >= 0.3 is 0 Å². The fourth-order valence-corrected chi connectivity index (χ4v) is 13.6. The highest BCUT2D eigenvalue weighted by molar-refractivity contribution is 5.97. The third-order valence-electron chi connectivity index (χ3n) is 16.0. The lowest BCUT2D eigenvalue weighted by atomic mass is 9.49. The van der Waals surface area contributed by atoms with Gasteiger partial charge in [-0.25, -0.2) is 0 Å². The van der Waals surface area contributed by atoms with Crippen molar-refractivity contribution in [2.75, 3.05) is 4.90 Å². The summed E-state index contributed by atoms with van der Waals surface area (Å²) < 4.78 is 0. The molecular weight excluding hydrogens is 699 g/mol. The quantitative estimate of drug-likeness (QED) is 0.169. The Balaban J connectivity index is 1.10. The van der Waals surface area contributed by atoms with Gasteiger partial charge in [0.25, 0.3) is 0 Å². The van der Waals surface area contributed by atoms with E-state index in [0.717, 1.165) is 5.92 Å². The molecule has 0 N–H and O–H groups in total. The third-order valence-corrected chi connectivity index (χ3v) is 16.0. The van der Waals surface area contributed by atoms with Crippen LogP contribution in [0.5, 0.6) is 0 Å². The van der Waals surface area contributed by atoms with E-state index in [2.05, 4.69) is 163 Å². The van der Waals surface area contributed by atoms with Gasteiger partial charge in [0, 0.05) is 27.8 Å². The minimum absolute atomic E-state index is 0.0868. The highest BCUT2D eigenvalue weighted by atomic mass is 15.1. The monoisotopic (exact) mass is 751 g/mol. The van der Waals surface area contributed by atoms with E-state index in [1.807, 2.05) is 0 Å². The van der Waals surface area contributed by atoms with Crippen LogP contribution in [-0.2, 0) is 10.8 Å². The van der Waals surface area contributed by atoms with Gasteiger partial charge in [0.05, 0.1) is 5.69 Å². The van der Waals surface area contributed by atoms with Crippen LogP contribution in [-0.4, -0.2) is 0 Å². The molecule has 5 aliphatic carbocycles. The molecule has 2 atom stereocenters. The number of nitrogens with zero attached hydrogens (tertiary/aromatic N) is 1. The van der Waals surface area contributed by atoms with E-state index in [4.69, 9.17) is 0 Å². The Hall–Kier alpha value is -5.40. The molecule has 1 nitrogen and oxygen atoms in total. The zero-order chi connectivity index (χ0) is 38.4. The Morgan fingerprint density at radius 3 is 2.00 bits per heavy atom. The molecule has 0 saturated heterocycles. The molecule has 5 aliphatic rings. The van der Waals surface area contributed by atoms with E-state index in [0.29, 0.717) is 11.8 Å². The lowest BCUT2D eigenvalue weighted by Gasteiger charge is -2.55. The molecule has 2 spiro atoms. The SMILES string of the molecule is CCC1CC2CCCC(C1)C21c2ccccc2-c2c(N(c3cccc(-c4ccc5ccccc5c4)c3)c3ccc4c(c3)C3(CCCCC3)c3ccccc3-4)cccc21. The number of benzene rings is 7. The first-order chi connectivity index (χ1) is 28.7. The van der Waals surface area contributed by atoms with Gasteiger partial charge in [-0.15, -0.1) is 0 Å². The zero-order valence-corrected chi connectivity index (χ0v) is 33.9. The first kappa shape index (κ1) is 34.6. The molecule has 2 bridgehead atoms. The van der Waals surface area contributed by atoms with Crippen LogP contribution in [0.4, 0.5) is 17.1 Å². The third kappa shape index (κ3) is 4.89. The normalized spacial score (nSPS) is 23.4. The summed E-state index contributed by atoms with van der Waals surface area (Å²) in [7, 11) is 0. The Kier molecular flexibility index (Phi) is 7.95. The van der Waals surface area contributed by atoms with E-state index in [-0.39, 0.29) is 10.8 Å². The smallest absolute Gasteiger partial charge is 0.0543 e. The first-order valence-corrected chi connectivity index (χ1v) is 22.5. The largest absolute Gasteiger partial charge is 0.310 e. The standard InChI is InChI=1S/C57H53N/c1-2-38-33-43-18-13-19-44(34-38)57(43)51-24-9-7-22-49(51)55-52(57)25-14-26-54(55)58(45-20-12-17-41(36-45)42-28-27-39-15-4-5-16-40(39)35-42)46-29-30-48-47-21-6-8-23-50(47)56(53(48)37-46)31-10-3-11-32-56/h4-9,12,14-17,20-30,35-38,43-44H,2-3,10-11,13,18-19,31-34H2,1H3. The molecule has 12 rings (SSSR count). The van der Waals surface area contributed by atoms with Crippen molar-refractivity contribution in [2.45, 2.75) is 88.4 Å². The summed E-state index contributed by atoms with van der Waals surface area (Å²) in [5.74, 6) is 2.23. The Bertz CT molecular complexity index is 2710. The maximum Gasteiger partial charge on any atom is 0.0543 e. The van der Waals surface area contributed by atoms with Gasteiger partial charge in [0.2, 0.25) is 0 Å². The van der Waals surface area contributed by atoms with E-state index >= 15 is 0 Å². The van der Waals surface area contributed by atoms with Crippen molar-refractivity contribution in [3.63, 3.8) is 0 Å². The van der Waals surface area contributed by atoms with E-state index < -0.39 is 0 Å². The first-order valence-electron chi connectivity index (χ1n) is 22.5. The molecule has 2 unspecified atom stereocenters. The van der Waals surface area contributed by atoms with Crippen LogP contribution in [0, 0.1) is 17.8 Å². The summed E-state index contributed by atoms with van der Waals surface area (Å²) in [6.45, 7) is 2.43. The summed E-state index contributed by atoms with van der Waals surface area (Å²) in [6, 6.07) is 59.0. The molecular formula is C57H53N. The van der Waals surface area contributed by atoms with Crippen LogP contribution in [0.3, 0.4) is 0 Å². The van der Waals surface area contributed by atoms with Crippen LogP contribution in [0.25, 0.3) is 44.2 Å². The molecule has 0 amide bonds. The van der Waals surface area contributed by atoms with Gasteiger partial charge in [0.15, 0.2) is 0 Å². The maximum atomic E-state index is 2.66. The molecule has 0 radical (unpaired) electrons. The summed E-state index contributed by atoms with van der Waals surface area (Å²) >= 11 is 0. The lowest BCUT2D eigenvalue weighted by Crippen LogP contribution is -2.49. The predicted octanol–water partition coefficient (Wildman–Crippen LogP) is 15.7. The summed E-state index contributed by atoms with van der Waals surface area (Å²) in [5.41, 5.74) is 18.6. The van der Waals surface area contributed by atoms with Crippen molar-refractivity contribution in [3.8, 4) is 33.4 Å². The maximum absolute atomic E-state index is 2.66. The summed E-state index contributed by atoms with van der Waals surface area (Å²) in [6.07, 6.45) is 14.5. The Labute approximate surface area is 344 Å². The highest BCUT2D eigenvalue weighted by Crippen LogP contribution is 2.67. The minimum Gasteiger partial charge on any atom is -0.310 e.